The highest BCUT2D eigenvalue weighted by Crippen LogP contribution is 2.25. The van der Waals surface area contributed by atoms with E-state index in [1.54, 1.807) is 19.1 Å². The number of benzene rings is 2. The Morgan fingerprint density at radius 3 is 2.66 bits per heavy atom. The Bertz CT molecular complexity index is 975. The zero-order valence-corrected chi connectivity index (χ0v) is 18.2. The first-order chi connectivity index (χ1) is 14.0. The Kier molecular flexibility index (Phi) is 7.17. The number of carbonyl (C=O) groups excluding carboxylic acids is 1. The van der Waals surface area contributed by atoms with Gasteiger partial charge in [-0.25, -0.2) is 0 Å². The Hall–Kier alpha value is -2.51. The van der Waals surface area contributed by atoms with Crippen molar-refractivity contribution in [3.05, 3.63) is 59.1 Å². The Morgan fingerprint density at radius 1 is 1.21 bits per heavy atom. The average Bonchev–Trinajstić information content (AvgIpc) is 3.15. The maximum atomic E-state index is 12.6. The highest BCUT2D eigenvalue weighted by molar-refractivity contribution is 7.99. The van der Waals surface area contributed by atoms with Crippen molar-refractivity contribution in [3.63, 3.8) is 0 Å². The number of ether oxygens (including phenoxy) is 1. The first-order valence-electron chi connectivity index (χ1n) is 9.20. The van der Waals surface area contributed by atoms with Crippen LogP contribution < -0.4 is 4.74 Å². The van der Waals surface area contributed by atoms with E-state index in [1.807, 2.05) is 60.0 Å². The quantitative estimate of drug-likeness (QED) is 0.496. The summed E-state index contributed by atoms with van der Waals surface area (Å²) in [5.74, 6) is 1.86. The van der Waals surface area contributed by atoms with Crippen molar-refractivity contribution in [2.24, 2.45) is 0 Å². The molecule has 6 nitrogen and oxygen atoms in total. The van der Waals surface area contributed by atoms with Gasteiger partial charge in [0.1, 0.15) is 5.75 Å². The van der Waals surface area contributed by atoms with Gasteiger partial charge in [0.2, 0.25) is 5.91 Å². The largest absolute Gasteiger partial charge is 0.497 e. The zero-order chi connectivity index (χ0) is 20.8. The van der Waals surface area contributed by atoms with E-state index >= 15 is 0 Å². The van der Waals surface area contributed by atoms with Gasteiger partial charge < -0.3 is 14.2 Å². The van der Waals surface area contributed by atoms with Gasteiger partial charge in [0.25, 0.3) is 0 Å². The molecule has 3 rings (SSSR count). The first-order valence-corrected chi connectivity index (χ1v) is 10.6. The van der Waals surface area contributed by atoms with Gasteiger partial charge in [0, 0.05) is 30.7 Å². The van der Waals surface area contributed by atoms with E-state index in [0.717, 1.165) is 27.9 Å². The fraction of sp³-hybridized carbons (Fsp3) is 0.286. The third-order valence-corrected chi connectivity index (χ3v) is 5.64. The van der Waals surface area contributed by atoms with Gasteiger partial charge in [-0.05, 0) is 48.9 Å². The lowest BCUT2D eigenvalue weighted by molar-refractivity contribution is -0.127. The summed E-state index contributed by atoms with van der Waals surface area (Å²) in [6.07, 6.45) is 0. The lowest BCUT2D eigenvalue weighted by Gasteiger charge is -2.17. The molecule has 0 spiro atoms. The molecule has 0 radical (unpaired) electrons. The van der Waals surface area contributed by atoms with E-state index in [1.165, 1.54) is 11.8 Å². The third kappa shape index (κ3) is 5.31. The van der Waals surface area contributed by atoms with Gasteiger partial charge in [0.05, 0.1) is 12.9 Å². The molecule has 1 amide bonds. The number of nitrogens with zero attached hydrogens (tertiary/aromatic N) is 4. The van der Waals surface area contributed by atoms with Crippen molar-refractivity contribution in [2.45, 2.75) is 25.2 Å². The summed E-state index contributed by atoms with van der Waals surface area (Å²) in [5.41, 5.74) is 1.96. The monoisotopic (exact) mass is 430 g/mol. The lowest BCUT2D eigenvalue weighted by atomic mass is 10.2. The molecule has 8 heteroatoms. The summed E-state index contributed by atoms with van der Waals surface area (Å²) < 4.78 is 7.24. The second-order valence-corrected chi connectivity index (χ2v) is 7.83. The molecule has 0 saturated heterocycles. The number of rotatable bonds is 8. The molecule has 152 valence electrons. The topological polar surface area (TPSA) is 60.2 Å². The van der Waals surface area contributed by atoms with Gasteiger partial charge >= 0.3 is 0 Å². The standard InChI is InChI=1S/C21H23ClN4O2S/c1-4-26-20(16-8-10-17(22)11-9-16)23-24-21(26)29-14-19(27)25(2)13-15-6-5-7-18(12-15)28-3/h5-12H,4,13-14H2,1-3H3. The van der Waals surface area contributed by atoms with Crippen LogP contribution in [0.2, 0.25) is 5.02 Å². The van der Waals surface area contributed by atoms with Gasteiger partial charge in [-0.3, -0.25) is 4.79 Å². The van der Waals surface area contributed by atoms with Crippen LogP contribution in [0.15, 0.2) is 53.7 Å². The minimum Gasteiger partial charge on any atom is -0.497 e. The fourth-order valence-electron chi connectivity index (χ4n) is 2.86. The molecule has 0 atom stereocenters. The van der Waals surface area contributed by atoms with Crippen LogP contribution in [0.4, 0.5) is 0 Å². The molecule has 0 aliphatic carbocycles. The number of methoxy groups -OCH3 is 1. The smallest absolute Gasteiger partial charge is 0.233 e. The molecule has 0 N–H and O–H groups in total. The normalized spacial score (nSPS) is 10.8. The minimum atomic E-state index is 0.0246. The molecule has 2 aromatic carbocycles. The molecule has 1 aromatic heterocycles. The molecule has 1 heterocycles. The second-order valence-electron chi connectivity index (χ2n) is 6.45. The van der Waals surface area contributed by atoms with Crippen molar-refractivity contribution >= 4 is 29.3 Å². The molecule has 0 aliphatic rings. The van der Waals surface area contributed by atoms with Crippen LogP contribution in [0, 0.1) is 0 Å². The van der Waals surface area contributed by atoms with Crippen LogP contribution in [0.25, 0.3) is 11.4 Å². The number of thioether (sulfide) groups is 1. The second kappa shape index (κ2) is 9.80. The zero-order valence-electron chi connectivity index (χ0n) is 16.6. The van der Waals surface area contributed by atoms with Crippen molar-refractivity contribution < 1.29 is 9.53 Å². The Balaban J connectivity index is 1.64. The minimum absolute atomic E-state index is 0.0246. The number of hydrogen-bond acceptors (Lipinski definition) is 5. The molecule has 0 bridgehead atoms. The summed E-state index contributed by atoms with van der Waals surface area (Å²) >= 11 is 7.36. The summed E-state index contributed by atoms with van der Waals surface area (Å²) in [4.78, 5) is 14.3. The van der Waals surface area contributed by atoms with Gasteiger partial charge in [-0.2, -0.15) is 0 Å². The lowest BCUT2D eigenvalue weighted by Crippen LogP contribution is -2.27. The summed E-state index contributed by atoms with van der Waals surface area (Å²) in [6, 6.07) is 15.2. The number of halogens is 1. The van der Waals surface area contributed by atoms with Crippen molar-refractivity contribution in [1.82, 2.24) is 19.7 Å². The highest BCUT2D eigenvalue weighted by atomic mass is 35.5. The van der Waals surface area contributed by atoms with Crippen molar-refractivity contribution in [3.8, 4) is 17.1 Å². The summed E-state index contributed by atoms with van der Waals surface area (Å²) in [7, 11) is 3.43. The number of aromatic nitrogens is 3. The SMILES string of the molecule is CCn1c(SCC(=O)N(C)Cc2cccc(OC)c2)nnc1-c1ccc(Cl)cc1. The fourth-order valence-corrected chi connectivity index (χ4v) is 3.93. The maximum Gasteiger partial charge on any atom is 0.233 e. The van der Waals surface area contributed by atoms with E-state index in [2.05, 4.69) is 10.2 Å². The van der Waals surface area contributed by atoms with E-state index in [4.69, 9.17) is 16.3 Å². The van der Waals surface area contributed by atoms with Crippen LogP contribution in [0.3, 0.4) is 0 Å². The molecule has 3 aromatic rings. The highest BCUT2D eigenvalue weighted by Gasteiger charge is 2.16. The van der Waals surface area contributed by atoms with Crippen molar-refractivity contribution in [1.29, 1.82) is 0 Å². The van der Waals surface area contributed by atoms with Crippen LogP contribution in [-0.4, -0.2) is 45.5 Å². The molecule has 29 heavy (non-hydrogen) atoms. The maximum absolute atomic E-state index is 12.6. The van der Waals surface area contributed by atoms with Crippen molar-refractivity contribution in [2.75, 3.05) is 19.9 Å². The number of hydrogen-bond donors (Lipinski definition) is 0. The van der Waals surface area contributed by atoms with Crippen LogP contribution in [-0.2, 0) is 17.9 Å². The van der Waals surface area contributed by atoms with E-state index in [9.17, 15) is 4.79 Å². The van der Waals surface area contributed by atoms with Gasteiger partial charge in [-0.1, -0.05) is 35.5 Å². The predicted octanol–water partition coefficient (Wildman–Crippen LogP) is 4.38. The summed E-state index contributed by atoms with van der Waals surface area (Å²) in [5, 5.41) is 9.99. The van der Waals surface area contributed by atoms with Crippen LogP contribution in [0.1, 0.15) is 12.5 Å². The van der Waals surface area contributed by atoms with Gasteiger partial charge in [0.15, 0.2) is 11.0 Å². The Labute approximate surface area is 179 Å². The first kappa shape index (κ1) is 21.2. The molecule has 0 saturated carbocycles. The molecule has 0 unspecified atom stereocenters. The van der Waals surface area contributed by atoms with E-state index < -0.39 is 0 Å². The summed E-state index contributed by atoms with van der Waals surface area (Å²) in [6.45, 7) is 3.26. The average molecular weight is 431 g/mol. The Morgan fingerprint density at radius 2 is 1.97 bits per heavy atom. The van der Waals surface area contributed by atoms with Crippen LogP contribution >= 0.6 is 23.4 Å². The third-order valence-electron chi connectivity index (χ3n) is 4.44. The van der Waals surface area contributed by atoms with Crippen LogP contribution in [0.5, 0.6) is 5.75 Å². The van der Waals surface area contributed by atoms with E-state index in [0.29, 0.717) is 23.9 Å². The molecular weight excluding hydrogens is 408 g/mol. The number of amides is 1. The molecular formula is C21H23ClN4O2S. The van der Waals surface area contributed by atoms with E-state index in [-0.39, 0.29) is 5.91 Å². The van der Waals surface area contributed by atoms with Gasteiger partial charge in [-0.15, -0.1) is 10.2 Å². The molecule has 0 fully saturated rings. The molecule has 0 aliphatic heterocycles. The number of carbonyl (C=O) groups is 1. The predicted molar refractivity (Wildman–Crippen MR) is 116 cm³/mol.